The van der Waals surface area contributed by atoms with Crippen LogP contribution in [0.2, 0.25) is 0 Å². The third-order valence-electron chi connectivity index (χ3n) is 3.77. The molecule has 0 N–H and O–H groups in total. The average Bonchev–Trinajstić information content (AvgIpc) is 3.29. The molecule has 0 bridgehead atoms. The molecule has 0 spiro atoms. The summed E-state index contributed by atoms with van der Waals surface area (Å²) >= 11 is 1.64. The van der Waals surface area contributed by atoms with Gasteiger partial charge in [-0.2, -0.15) is 0 Å². The van der Waals surface area contributed by atoms with Crippen molar-refractivity contribution in [2.75, 3.05) is 18.0 Å². The van der Waals surface area contributed by atoms with E-state index >= 15 is 0 Å². The second-order valence-electron chi connectivity index (χ2n) is 5.21. The first-order chi connectivity index (χ1) is 10.9. The van der Waals surface area contributed by atoms with Crippen LogP contribution in [0, 0.1) is 0 Å². The Kier molecular flexibility index (Phi) is 3.52. The van der Waals surface area contributed by atoms with Crippen LogP contribution in [0.25, 0.3) is 22.0 Å². The van der Waals surface area contributed by atoms with Crippen LogP contribution in [0.3, 0.4) is 0 Å². The summed E-state index contributed by atoms with van der Waals surface area (Å²) in [7, 11) is 0. The predicted octanol–water partition coefficient (Wildman–Crippen LogP) is 3.26. The smallest absolute Gasteiger partial charge is 0.193 e. The summed E-state index contributed by atoms with van der Waals surface area (Å²) in [6, 6.07) is 7.95. The predicted molar refractivity (Wildman–Crippen MR) is 87.8 cm³/mol. The van der Waals surface area contributed by atoms with Crippen molar-refractivity contribution in [3.8, 4) is 22.0 Å². The van der Waals surface area contributed by atoms with Gasteiger partial charge < -0.3 is 4.90 Å². The summed E-state index contributed by atoms with van der Waals surface area (Å²) in [6.07, 6.45) is 5.96. The Morgan fingerprint density at radius 3 is 2.55 bits per heavy atom. The van der Waals surface area contributed by atoms with Crippen LogP contribution in [0.1, 0.15) is 12.8 Å². The van der Waals surface area contributed by atoms with E-state index in [4.69, 9.17) is 4.98 Å². The summed E-state index contributed by atoms with van der Waals surface area (Å²) in [6.45, 7) is 2.06. The molecule has 1 fully saturated rings. The maximum Gasteiger partial charge on any atom is 0.193 e. The molecule has 6 heteroatoms. The van der Waals surface area contributed by atoms with Gasteiger partial charge in [0.2, 0.25) is 0 Å². The molecule has 1 aliphatic heterocycles. The Hall–Kier alpha value is -2.34. The van der Waals surface area contributed by atoms with Crippen LogP contribution >= 0.6 is 11.3 Å². The number of nitrogens with zero attached hydrogens (tertiary/aromatic N) is 5. The lowest BCUT2D eigenvalue weighted by atomic mass is 10.2. The van der Waals surface area contributed by atoms with Gasteiger partial charge in [0.05, 0.1) is 4.88 Å². The van der Waals surface area contributed by atoms with Crippen molar-refractivity contribution in [1.29, 1.82) is 0 Å². The van der Waals surface area contributed by atoms with E-state index in [1.165, 1.54) is 12.8 Å². The van der Waals surface area contributed by atoms with Gasteiger partial charge in [-0.15, -0.1) is 21.5 Å². The number of hydrogen-bond acceptors (Lipinski definition) is 6. The molecule has 0 unspecified atom stereocenters. The molecule has 5 nitrogen and oxygen atoms in total. The fourth-order valence-corrected chi connectivity index (χ4v) is 3.33. The Labute approximate surface area is 132 Å². The van der Waals surface area contributed by atoms with Gasteiger partial charge in [-0.05, 0) is 36.4 Å². The highest BCUT2D eigenvalue weighted by atomic mass is 32.1. The van der Waals surface area contributed by atoms with Crippen LogP contribution < -0.4 is 4.90 Å². The van der Waals surface area contributed by atoms with Crippen molar-refractivity contribution in [3.05, 3.63) is 42.0 Å². The minimum atomic E-state index is 0.703. The number of thiophene rings is 1. The van der Waals surface area contributed by atoms with E-state index in [1.54, 1.807) is 23.7 Å². The van der Waals surface area contributed by atoms with Crippen molar-refractivity contribution in [3.63, 3.8) is 0 Å². The zero-order chi connectivity index (χ0) is 14.8. The summed E-state index contributed by atoms with van der Waals surface area (Å²) < 4.78 is 0. The highest BCUT2D eigenvalue weighted by Crippen LogP contribution is 2.31. The first-order valence-corrected chi connectivity index (χ1v) is 8.24. The highest BCUT2D eigenvalue weighted by Gasteiger charge is 2.21. The second kappa shape index (κ2) is 5.81. The summed E-state index contributed by atoms with van der Waals surface area (Å²) in [5.74, 6) is 1.64. The Balaban J connectivity index is 1.83. The number of aromatic nitrogens is 4. The van der Waals surface area contributed by atoms with Crippen LogP contribution in [-0.2, 0) is 0 Å². The zero-order valence-electron chi connectivity index (χ0n) is 12.0. The lowest BCUT2D eigenvalue weighted by molar-refractivity contribution is 0.897. The molecule has 0 aromatic carbocycles. The molecular formula is C16H15N5S. The van der Waals surface area contributed by atoms with Crippen LogP contribution in [0.15, 0.2) is 42.0 Å². The van der Waals surface area contributed by atoms with Gasteiger partial charge in [0.25, 0.3) is 0 Å². The SMILES string of the molecule is c1csc(-c2nnc(-c3ccncc3)c(N3CCCC3)n2)c1. The molecule has 110 valence electrons. The summed E-state index contributed by atoms with van der Waals surface area (Å²) in [4.78, 5) is 12.2. The zero-order valence-corrected chi connectivity index (χ0v) is 12.8. The number of rotatable bonds is 3. The number of hydrogen-bond donors (Lipinski definition) is 0. The van der Waals surface area contributed by atoms with Gasteiger partial charge in [0.1, 0.15) is 5.69 Å². The van der Waals surface area contributed by atoms with E-state index in [2.05, 4.69) is 20.1 Å². The van der Waals surface area contributed by atoms with Gasteiger partial charge in [-0.25, -0.2) is 4.98 Å². The summed E-state index contributed by atoms with van der Waals surface area (Å²) in [5.41, 5.74) is 1.85. The Bertz CT molecular complexity index is 751. The van der Waals surface area contributed by atoms with Gasteiger partial charge in [0, 0.05) is 31.0 Å². The van der Waals surface area contributed by atoms with Crippen molar-refractivity contribution in [1.82, 2.24) is 20.2 Å². The van der Waals surface area contributed by atoms with Crippen LogP contribution in [-0.4, -0.2) is 33.3 Å². The molecule has 0 saturated carbocycles. The average molecular weight is 309 g/mol. The number of pyridine rings is 1. The van der Waals surface area contributed by atoms with Crippen molar-refractivity contribution >= 4 is 17.2 Å². The minimum absolute atomic E-state index is 0.703. The van der Waals surface area contributed by atoms with Gasteiger partial charge in [0.15, 0.2) is 11.6 Å². The fraction of sp³-hybridized carbons (Fsp3) is 0.250. The normalized spacial score (nSPS) is 14.5. The molecule has 0 amide bonds. The molecule has 3 aromatic heterocycles. The lowest BCUT2D eigenvalue weighted by Gasteiger charge is -2.19. The molecular weight excluding hydrogens is 294 g/mol. The largest absolute Gasteiger partial charge is 0.355 e. The molecule has 4 heterocycles. The second-order valence-corrected chi connectivity index (χ2v) is 6.16. The van der Waals surface area contributed by atoms with Gasteiger partial charge in [-0.1, -0.05) is 6.07 Å². The maximum atomic E-state index is 4.82. The molecule has 1 saturated heterocycles. The van der Waals surface area contributed by atoms with E-state index < -0.39 is 0 Å². The van der Waals surface area contributed by atoms with Crippen molar-refractivity contribution in [2.45, 2.75) is 12.8 Å². The molecule has 22 heavy (non-hydrogen) atoms. The standard InChI is InChI=1S/C16H15N5S/c1-2-10-21(9-1)16-14(12-5-7-17-8-6-12)19-20-15(18-16)13-4-3-11-22-13/h3-8,11H,1-2,9-10H2. The monoisotopic (exact) mass is 309 g/mol. The Morgan fingerprint density at radius 1 is 1.00 bits per heavy atom. The Morgan fingerprint density at radius 2 is 1.82 bits per heavy atom. The van der Waals surface area contributed by atoms with Crippen LogP contribution in [0.5, 0.6) is 0 Å². The molecule has 4 rings (SSSR count). The quantitative estimate of drug-likeness (QED) is 0.743. The lowest BCUT2D eigenvalue weighted by Crippen LogP contribution is -2.21. The first kappa shape index (κ1) is 13.3. The minimum Gasteiger partial charge on any atom is -0.355 e. The molecule has 3 aromatic rings. The molecule has 1 aliphatic rings. The van der Waals surface area contributed by atoms with Crippen LogP contribution in [0.4, 0.5) is 5.82 Å². The fourth-order valence-electron chi connectivity index (χ4n) is 2.67. The van der Waals surface area contributed by atoms with E-state index in [1.807, 2.05) is 29.6 Å². The van der Waals surface area contributed by atoms with E-state index in [0.29, 0.717) is 5.82 Å². The highest BCUT2D eigenvalue weighted by molar-refractivity contribution is 7.13. The molecule has 0 radical (unpaired) electrons. The molecule has 0 atom stereocenters. The third kappa shape index (κ3) is 2.46. The van der Waals surface area contributed by atoms with Gasteiger partial charge in [-0.3, -0.25) is 4.98 Å². The third-order valence-corrected chi connectivity index (χ3v) is 4.64. The maximum absolute atomic E-state index is 4.82. The van der Waals surface area contributed by atoms with E-state index in [0.717, 1.165) is 35.0 Å². The first-order valence-electron chi connectivity index (χ1n) is 7.36. The summed E-state index contributed by atoms with van der Waals surface area (Å²) in [5, 5.41) is 10.8. The number of anilines is 1. The van der Waals surface area contributed by atoms with Gasteiger partial charge >= 0.3 is 0 Å². The molecule has 0 aliphatic carbocycles. The van der Waals surface area contributed by atoms with Crippen molar-refractivity contribution in [2.24, 2.45) is 0 Å². The van der Waals surface area contributed by atoms with E-state index in [-0.39, 0.29) is 0 Å². The van der Waals surface area contributed by atoms with Crippen molar-refractivity contribution < 1.29 is 0 Å². The topological polar surface area (TPSA) is 54.8 Å². The van der Waals surface area contributed by atoms with E-state index in [9.17, 15) is 0 Å².